The molecular weight excluding hydrogens is 472 g/mol. The van der Waals surface area contributed by atoms with Crippen molar-refractivity contribution in [3.8, 4) is 0 Å². The summed E-state index contributed by atoms with van der Waals surface area (Å²) < 4.78 is 27.8. The zero-order valence-corrected chi connectivity index (χ0v) is 20.4. The van der Waals surface area contributed by atoms with Crippen molar-refractivity contribution in [2.45, 2.75) is 64.6 Å². The smallest absolute Gasteiger partial charge is 0.303 e. The molecule has 1 fully saturated rings. The van der Waals surface area contributed by atoms with Crippen LogP contribution in [0.1, 0.15) is 50.6 Å². The molecule has 11 heteroatoms. The summed E-state index contributed by atoms with van der Waals surface area (Å²) in [6, 6.07) is 7.30. The summed E-state index contributed by atoms with van der Waals surface area (Å²) in [4.78, 5) is 55.8. The maximum Gasteiger partial charge on any atom is 0.303 e. The molecule has 2 aromatic rings. The van der Waals surface area contributed by atoms with Crippen molar-refractivity contribution in [1.29, 1.82) is 0 Å². The van der Waals surface area contributed by atoms with Gasteiger partial charge in [0.25, 0.3) is 0 Å². The lowest BCUT2D eigenvalue weighted by Gasteiger charge is -2.44. The van der Waals surface area contributed by atoms with Gasteiger partial charge in [0, 0.05) is 52.7 Å². The van der Waals surface area contributed by atoms with Crippen molar-refractivity contribution >= 4 is 23.9 Å². The van der Waals surface area contributed by atoms with Crippen molar-refractivity contribution < 1.29 is 42.9 Å². The van der Waals surface area contributed by atoms with Gasteiger partial charge in [-0.1, -0.05) is 24.3 Å². The Hall–Kier alpha value is -3.86. The van der Waals surface area contributed by atoms with Crippen LogP contribution in [0.3, 0.4) is 0 Å². The van der Waals surface area contributed by atoms with Crippen LogP contribution >= 0.6 is 0 Å². The van der Waals surface area contributed by atoms with Gasteiger partial charge in [-0.15, -0.1) is 0 Å². The first-order valence-corrected chi connectivity index (χ1v) is 11.3. The maximum atomic E-state index is 12.0. The molecule has 0 amide bonds. The number of carbonyl (C=O) groups is 4. The van der Waals surface area contributed by atoms with Crippen LogP contribution < -0.4 is 0 Å². The molecule has 0 aliphatic carbocycles. The molecule has 0 saturated carbocycles. The molecule has 0 bridgehead atoms. The number of nitrogens with zero attached hydrogens (tertiary/aromatic N) is 2. The highest BCUT2D eigenvalue weighted by molar-refractivity contribution is 5.68. The third-order valence-electron chi connectivity index (χ3n) is 5.27. The van der Waals surface area contributed by atoms with Crippen LogP contribution in [0.25, 0.3) is 0 Å². The summed E-state index contributed by atoms with van der Waals surface area (Å²) in [5.41, 5.74) is 2.23. The summed E-state index contributed by atoms with van der Waals surface area (Å²) in [5, 5.41) is 0. The molecule has 11 nitrogen and oxygen atoms in total. The Morgan fingerprint density at radius 3 is 2.14 bits per heavy atom. The highest BCUT2D eigenvalue weighted by Gasteiger charge is 2.52. The lowest BCUT2D eigenvalue weighted by molar-refractivity contribution is -0.254. The fourth-order valence-corrected chi connectivity index (χ4v) is 4.01. The largest absolute Gasteiger partial charge is 0.463 e. The second-order valence-electron chi connectivity index (χ2n) is 8.24. The second kappa shape index (κ2) is 12.2. The fourth-order valence-electron chi connectivity index (χ4n) is 4.01. The van der Waals surface area contributed by atoms with E-state index in [-0.39, 0.29) is 6.61 Å². The molecule has 1 aliphatic heterocycles. The first-order chi connectivity index (χ1) is 17.1. The number of hydrogen-bond acceptors (Lipinski definition) is 11. The first-order valence-electron chi connectivity index (χ1n) is 11.3. The van der Waals surface area contributed by atoms with E-state index in [1.165, 1.54) is 27.7 Å². The van der Waals surface area contributed by atoms with Crippen molar-refractivity contribution in [1.82, 2.24) is 9.97 Å². The molecule has 2 heterocycles. The predicted octanol–water partition coefficient (Wildman–Crippen LogP) is 1.87. The lowest BCUT2D eigenvalue weighted by Crippen LogP contribution is -2.59. The van der Waals surface area contributed by atoms with Crippen LogP contribution in [0, 0.1) is 0 Å². The quantitative estimate of drug-likeness (QED) is 0.387. The third kappa shape index (κ3) is 7.32. The van der Waals surface area contributed by atoms with Crippen LogP contribution in [0.2, 0.25) is 0 Å². The van der Waals surface area contributed by atoms with Gasteiger partial charge in [-0.2, -0.15) is 0 Å². The summed E-state index contributed by atoms with van der Waals surface area (Å²) in [6.07, 6.45) is -0.220. The topological polar surface area (TPSA) is 140 Å². The van der Waals surface area contributed by atoms with E-state index < -0.39 is 54.4 Å². The number of ether oxygens (including phenoxy) is 5. The standard InChI is InChI=1S/C25H28N2O9/c1-14(28)32-13-21-23(33-15(2)29)25(35-17(4)31)24(34-16(3)30)22(36-21)19-7-5-6-18(10-19)11-20-12-26-8-9-27-20/h5-10,12,21-25H,11,13H2,1-4H3/t21-,22+,23-,24+,25+/m1/s1. The number of aromatic nitrogens is 2. The summed E-state index contributed by atoms with van der Waals surface area (Å²) in [7, 11) is 0. The molecule has 1 saturated heterocycles. The van der Waals surface area contributed by atoms with E-state index in [0.717, 1.165) is 11.3 Å². The summed E-state index contributed by atoms with van der Waals surface area (Å²) >= 11 is 0. The number of benzene rings is 1. The second-order valence-corrected chi connectivity index (χ2v) is 8.24. The zero-order valence-electron chi connectivity index (χ0n) is 20.4. The van der Waals surface area contributed by atoms with Gasteiger partial charge >= 0.3 is 23.9 Å². The predicted molar refractivity (Wildman–Crippen MR) is 122 cm³/mol. The Morgan fingerprint density at radius 1 is 0.861 bits per heavy atom. The zero-order chi connectivity index (χ0) is 26.2. The number of rotatable bonds is 8. The van der Waals surface area contributed by atoms with Gasteiger partial charge in [-0.25, -0.2) is 0 Å². The molecular formula is C25H28N2O9. The third-order valence-corrected chi connectivity index (χ3v) is 5.27. The van der Waals surface area contributed by atoms with Crippen LogP contribution in [-0.4, -0.2) is 64.9 Å². The number of carbonyl (C=O) groups excluding carboxylic acids is 4. The van der Waals surface area contributed by atoms with E-state index >= 15 is 0 Å². The molecule has 5 atom stereocenters. The van der Waals surface area contributed by atoms with Crippen molar-refractivity contribution in [3.05, 3.63) is 59.7 Å². The minimum atomic E-state index is -1.22. The van der Waals surface area contributed by atoms with Crippen molar-refractivity contribution in [2.75, 3.05) is 6.61 Å². The van der Waals surface area contributed by atoms with E-state index in [0.29, 0.717) is 12.0 Å². The van der Waals surface area contributed by atoms with E-state index in [1.807, 2.05) is 12.1 Å². The van der Waals surface area contributed by atoms with Crippen LogP contribution in [0.4, 0.5) is 0 Å². The van der Waals surface area contributed by atoms with Gasteiger partial charge in [-0.3, -0.25) is 29.1 Å². The van der Waals surface area contributed by atoms with Crippen LogP contribution in [0.15, 0.2) is 42.9 Å². The fraction of sp³-hybridized carbons (Fsp3) is 0.440. The Balaban J connectivity index is 2.02. The highest BCUT2D eigenvalue weighted by Crippen LogP contribution is 2.38. The van der Waals surface area contributed by atoms with E-state index in [9.17, 15) is 19.2 Å². The van der Waals surface area contributed by atoms with Crippen molar-refractivity contribution in [3.63, 3.8) is 0 Å². The number of hydrogen-bond donors (Lipinski definition) is 0. The minimum absolute atomic E-state index is 0.284. The normalized spacial score (nSPS) is 23.3. The molecule has 192 valence electrons. The lowest BCUT2D eigenvalue weighted by atomic mass is 9.89. The SMILES string of the molecule is CC(=O)OC[C@H]1O[C@@H](c2cccc(Cc3cnccn3)c2)[C@H](OC(C)=O)[C@@H](OC(C)=O)[C@@H]1OC(C)=O. The first kappa shape index (κ1) is 26.7. The molecule has 0 radical (unpaired) electrons. The van der Waals surface area contributed by atoms with Crippen LogP contribution in [-0.2, 0) is 49.3 Å². The summed E-state index contributed by atoms with van der Waals surface area (Å²) in [6.45, 7) is 4.51. The Kier molecular flexibility index (Phi) is 9.07. The average molecular weight is 501 g/mol. The van der Waals surface area contributed by atoms with E-state index in [4.69, 9.17) is 23.7 Å². The van der Waals surface area contributed by atoms with Gasteiger partial charge in [0.2, 0.25) is 0 Å². The minimum Gasteiger partial charge on any atom is -0.463 e. The van der Waals surface area contributed by atoms with Gasteiger partial charge in [-0.05, 0) is 11.1 Å². The molecule has 0 spiro atoms. The van der Waals surface area contributed by atoms with E-state index in [1.54, 1.807) is 30.7 Å². The summed E-state index contributed by atoms with van der Waals surface area (Å²) in [5.74, 6) is -2.59. The maximum absolute atomic E-state index is 12.0. The van der Waals surface area contributed by atoms with Crippen molar-refractivity contribution in [2.24, 2.45) is 0 Å². The molecule has 3 rings (SSSR count). The molecule has 1 aromatic carbocycles. The number of esters is 4. The van der Waals surface area contributed by atoms with Gasteiger partial charge in [0.05, 0.1) is 5.69 Å². The highest BCUT2D eigenvalue weighted by atomic mass is 16.7. The molecule has 0 N–H and O–H groups in total. The monoisotopic (exact) mass is 500 g/mol. The average Bonchev–Trinajstić information content (AvgIpc) is 2.80. The van der Waals surface area contributed by atoms with Gasteiger partial charge in [0.1, 0.15) is 18.8 Å². The molecule has 1 aromatic heterocycles. The Bertz CT molecular complexity index is 1090. The molecule has 36 heavy (non-hydrogen) atoms. The van der Waals surface area contributed by atoms with Gasteiger partial charge < -0.3 is 23.7 Å². The molecule has 0 unspecified atom stereocenters. The Labute approximate surface area is 208 Å². The van der Waals surface area contributed by atoms with E-state index in [2.05, 4.69) is 9.97 Å². The Morgan fingerprint density at radius 2 is 1.53 bits per heavy atom. The van der Waals surface area contributed by atoms with Crippen LogP contribution in [0.5, 0.6) is 0 Å². The molecule has 1 aliphatic rings. The van der Waals surface area contributed by atoms with Gasteiger partial charge in [0.15, 0.2) is 18.3 Å².